The van der Waals surface area contributed by atoms with E-state index in [1.54, 1.807) is 18.2 Å². The Morgan fingerprint density at radius 2 is 2.07 bits per heavy atom. The first-order valence-electron chi connectivity index (χ1n) is 8.57. The van der Waals surface area contributed by atoms with Gasteiger partial charge >= 0.3 is 0 Å². The third kappa shape index (κ3) is 3.53. The van der Waals surface area contributed by atoms with Crippen molar-refractivity contribution in [3.63, 3.8) is 0 Å². The highest BCUT2D eigenvalue weighted by Gasteiger charge is 2.29. The number of rotatable bonds is 3. The maximum Gasteiger partial charge on any atom is 0.265 e. The smallest absolute Gasteiger partial charge is 0.265 e. The van der Waals surface area contributed by atoms with Gasteiger partial charge in [0.1, 0.15) is 23.5 Å². The summed E-state index contributed by atoms with van der Waals surface area (Å²) in [5.41, 5.74) is 1.18. The summed E-state index contributed by atoms with van der Waals surface area (Å²) in [5, 5.41) is 0.740. The average molecular weight is 418 g/mol. The number of hydrogen-bond acceptors (Lipinski definition) is 4. The van der Waals surface area contributed by atoms with Gasteiger partial charge in [-0.3, -0.25) is 4.79 Å². The lowest BCUT2D eigenvalue weighted by atomic mass is 10.0. The number of nitrogens with zero attached hydrogens (tertiary/aromatic N) is 3. The Kier molecular flexibility index (Phi) is 5.15. The largest absolute Gasteiger partial charge is 0.436 e. The number of fused-ring (bicyclic) bond motifs is 1. The van der Waals surface area contributed by atoms with Gasteiger partial charge in [-0.15, -0.1) is 0 Å². The van der Waals surface area contributed by atoms with E-state index < -0.39 is 11.7 Å². The molecule has 1 amide bonds. The fraction of sp³-hybridized carbons (Fsp3) is 0.150. The van der Waals surface area contributed by atoms with E-state index in [1.807, 2.05) is 6.07 Å². The van der Waals surface area contributed by atoms with Crippen LogP contribution in [-0.4, -0.2) is 22.4 Å². The Balaban J connectivity index is 1.72. The summed E-state index contributed by atoms with van der Waals surface area (Å²) in [6.45, 7) is 0.388. The van der Waals surface area contributed by atoms with Crippen LogP contribution in [0.5, 0.6) is 11.6 Å². The Labute approximate surface area is 170 Å². The molecule has 0 spiro atoms. The fourth-order valence-electron chi connectivity index (χ4n) is 3.16. The summed E-state index contributed by atoms with van der Waals surface area (Å²) in [5.74, 6) is -0.609. The molecule has 0 aliphatic carbocycles. The van der Waals surface area contributed by atoms with Crippen LogP contribution < -0.4 is 9.64 Å². The lowest BCUT2D eigenvalue weighted by Gasteiger charge is -2.30. The van der Waals surface area contributed by atoms with Crippen LogP contribution in [0.1, 0.15) is 22.3 Å². The van der Waals surface area contributed by atoms with Gasteiger partial charge in [0.2, 0.25) is 5.88 Å². The third-order valence-corrected chi connectivity index (χ3v) is 4.97. The normalized spacial score (nSPS) is 13.2. The molecule has 0 unspecified atom stereocenters. The first kappa shape index (κ1) is 18.7. The minimum atomic E-state index is -0.445. The summed E-state index contributed by atoms with van der Waals surface area (Å²) in [4.78, 5) is 22.6. The van der Waals surface area contributed by atoms with Crippen LogP contribution in [0.25, 0.3) is 0 Å². The zero-order valence-electron chi connectivity index (χ0n) is 14.5. The van der Waals surface area contributed by atoms with E-state index in [0.717, 1.165) is 12.0 Å². The van der Waals surface area contributed by atoms with Crippen LogP contribution in [0.4, 0.5) is 10.1 Å². The van der Waals surface area contributed by atoms with Crippen molar-refractivity contribution in [2.24, 2.45) is 0 Å². The molecule has 1 aliphatic heterocycles. The van der Waals surface area contributed by atoms with Gasteiger partial charge in [0.25, 0.3) is 5.91 Å². The summed E-state index contributed by atoms with van der Waals surface area (Å²) in [7, 11) is 0. The van der Waals surface area contributed by atoms with Crippen molar-refractivity contribution < 1.29 is 13.9 Å². The Morgan fingerprint density at radius 3 is 2.93 bits per heavy atom. The third-order valence-electron chi connectivity index (χ3n) is 4.42. The molecule has 1 aliphatic rings. The molecule has 2 aromatic carbocycles. The van der Waals surface area contributed by atoms with Crippen LogP contribution in [0.2, 0.25) is 10.0 Å². The Hall–Kier alpha value is -2.70. The van der Waals surface area contributed by atoms with Crippen molar-refractivity contribution in [2.45, 2.75) is 12.8 Å². The van der Waals surface area contributed by atoms with E-state index >= 15 is 0 Å². The second-order valence-corrected chi connectivity index (χ2v) is 7.07. The van der Waals surface area contributed by atoms with Gasteiger partial charge in [-0.2, -0.15) is 0 Å². The molecular formula is C20H14Cl2FN3O2. The van der Waals surface area contributed by atoms with Crippen LogP contribution in [0, 0.1) is 5.82 Å². The molecule has 0 saturated carbocycles. The number of hydrogen-bond donors (Lipinski definition) is 0. The molecule has 0 N–H and O–H groups in total. The molecule has 1 aromatic heterocycles. The van der Waals surface area contributed by atoms with E-state index in [1.165, 1.54) is 29.6 Å². The zero-order chi connectivity index (χ0) is 19.7. The number of carbonyl (C=O) groups is 1. The number of halogens is 3. The second-order valence-electron chi connectivity index (χ2n) is 6.23. The summed E-state index contributed by atoms with van der Waals surface area (Å²) >= 11 is 12.1. The van der Waals surface area contributed by atoms with Crippen molar-refractivity contribution in [3.8, 4) is 11.6 Å². The minimum absolute atomic E-state index is 0.0210. The molecule has 3 aromatic rings. The molecule has 8 heteroatoms. The maximum atomic E-state index is 14.5. The molecule has 5 nitrogen and oxygen atoms in total. The molecular weight excluding hydrogens is 404 g/mol. The van der Waals surface area contributed by atoms with Crippen molar-refractivity contribution >= 4 is 34.8 Å². The SMILES string of the molecule is O=C(c1cncnc1Oc1cc(Cl)ccc1Cl)N1CCCc2cccc(F)c21. The van der Waals surface area contributed by atoms with Crippen molar-refractivity contribution in [2.75, 3.05) is 11.4 Å². The molecule has 0 radical (unpaired) electrons. The molecule has 0 fully saturated rings. The molecule has 0 atom stereocenters. The maximum absolute atomic E-state index is 14.5. The number of para-hydroxylation sites is 1. The number of carbonyl (C=O) groups excluding carboxylic acids is 1. The number of anilines is 1. The molecule has 2 heterocycles. The standard InChI is InChI=1S/C20H14Cl2FN3O2/c21-13-6-7-15(22)17(9-13)28-19-14(10-24-11-25-19)20(27)26-8-2-4-12-3-1-5-16(23)18(12)26/h1,3,5-7,9-11H,2,4,8H2. The summed E-state index contributed by atoms with van der Waals surface area (Å²) in [6.07, 6.45) is 4.05. The van der Waals surface area contributed by atoms with Crippen molar-refractivity contribution in [3.05, 3.63) is 75.9 Å². The molecule has 4 rings (SSSR count). The van der Waals surface area contributed by atoms with Crippen LogP contribution in [0.15, 0.2) is 48.9 Å². The van der Waals surface area contributed by atoms with Gasteiger partial charge in [0.15, 0.2) is 0 Å². The van der Waals surface area contributed by atoms with E-state index in [0.29, 0.717) is 23.0 Å². The van der Waals surface area contributed by atoms with Crippen LogP contribution in [0.3, 0.4) is 0 Å². The number of amides is 1. The highest BCUT2D eigenvalue weighted by molar-refractivity contribution is 6.34. The van der Waals surface area contributed by atoms with Gasteiger partial charge in [0.05, 0.1) is 10.7 Å². The fourth-order valence-corrected chi connectivity index (χ4v) is 3.48. The predicted molar refractivity (Wildman–Crippen MR) is 105 cm³/mol. The second kappa shape index (κ2) is 7.73. The molecule has 142 valence electrons. The van der Waals surface area contributed by atoms with Gasteiger partial charge in [-0.05, 0) is 36.6 Å². The number of benzene rings is 2. The van der Waals surface area contributed by atoms with Crippen LogP contribution in [-0.2, 0) is 6.42 Å². The highest BCUT2D eigenvalue weighted by Crippen LogP contribution is 2.35. The quantitative estimate of drug-likeness (QED) is 0.579. The number of aromatic nitrogens is 2. The first-order chi connectivity index (χ1) is 13.5. The van der Waals surface area contributed by atoms with Gasteiger partial charge in [0, 0.05) is 23.8 Å². The Morgan fingerprint density at radius 1 is 1.21 bits per heavy atom. The number of ether oxygens (including phenoxy) is 1. The lowest BCUT2D eigenvalue weighted by Crippen LogP contribution is -2.36. The first-order valence-corrected chi connectivity index (χ1v) is 9.32. The van der Waals surface area contributed by atoms with Crippen LogP contribution >= 0.6 is 23.2 Å². The topological polar surface area (TPSA) is 55.3 Å². The van der Waals surface area contributed by atoms with E-state index in [2.05, 4.69) is 9.97 Å². The molecule has 0 bridgehead atoms. The monoisotopic (exact) mass is 417 g/mol. The molecule has 0 saturated heterocycles. The van der Waals surface area contributed by atoms with Crippen molar-refractivity contribution in [1.29, 1.82) is 0 Å². The van der Waals surface area contributed by atoms with Crippen molar-refractivity contribution in [1.82, 2.24) is 9.97 Å². The van der Waals surface area contributed by atoms with Gasteiger partial charge in [-0.1, -0.05) is 35.3 Å². The average Bonchev–Trinajstić information content (AvgIpc) is 2.70. The Bertz CT molecular complexity index is 1060. The molecule has 28 heavy (non-hydrogen) atoms. The predicted octanol–water partition coefficient (Wildman–Crippen LogP) is 5.31. The van der Waals surface area contributed by atoms with Gasteiger partial charge in [-0.25, -0.2) is 14.4 Å². The summed E-state index contributed by atoms with van der Waals surface area (Å²) in [6, 6.07) is 9.53. The van der Waals surface area contributed by atoms with Gasteiger partial charge < -0.3 is 9.64 Å². The zero-order valence-corrected chi connectivity index (χ0v) is 16.0. The lowest BCUT2D eigenvalue weighted by molar-refractivity contribution is 0.0981. The van der Waals surface area contributed by atoms with E-state index in [9.17, 15) is 9.18 Å². The van der Waals surface area contributed by atoms with E-state index in [-0.39, 0.29) is 22.9 Å². The number of aryl methyl sites for hydroxylation is 1. The highest BCUT2D eigenvalue weighted by atomic mass is 35.5. The summed E-state index contributed by atoms with van der Waals surface area (Å²) < 4.78 is 20.2. The minimum Gasteiger partial charge on any atom is -0.436 e. The van der Waals surface area contributed by atoms with E-state index in [4.69, 9.17) is 27.9 Å².